The number of ether oxygens (including phenoxy) is 1. The lowest BCUT2D eigenvalue weighted by atomic mass is 10.1. The van der Waals surface area contributed by atoms with Gasteiger partial charge in [0.2, 0.25) is 16.1 Å². The van der Waals surface area contributed by atoms with E-state index >= 15 is 0 Å². The van der Waals surface area contributed by atoms with Crippen LogP contribution in [0.1, 0.15) is 17.2 Å². The summed E-state index contributed by atoms with van der Waals surface area (Å²) in [5.74, 6) is -2.00. The molecule has 7 nitrogen and oxygen atoms in total. The standard InChI is InChI=1S/C17H18N2O5S/c18-17(21)16(14-9-5-2-6-10-14)24-15(20)11-19-25(22,23)12-13-7-3-1-4-8-13/h1-10,16,19H,11-12H2,(H2,18,21)/t16-/m0/s1. The number of carbonyl (C=O) groups excluding carboxylic acids is 2. The molecule has 0 saturated carbocycles. The molecule has 0 saturated heterocycles. The number of benzene rings is 2. The van der Waals surface area contributed by atoms with Crippen molar-refractivity contribution in [1.29, 1.82) is 0 Å². The Morgan fingerprint density at radius 1 is 1.00 bits per heavy atom. The highest BCUT2D eigenvalue weighted by molar-refractivity contribution is 7.88. The fraction of sp³-hybridized carbons (Fsp3) is 0.176. The van der Waals surface area contributed by atoms with Crippen LogP contribution in [0.3, 0.4) is 0 Å². The van der Waals surface area contributed by atoms with E-state index in [9.17, 15) is 18.0 Å². The molecule has 0 aromatic heterocycles. The molecule has 2 aromatic rings. The number of nitrogens with one attached hydrogen (secondary N) is 1. The predicted molar refractivity (Wildman–Crippen MR) is 91.5 cm³/mol. The first-order valence-corrected chi connectivity index (χ1v) is 9.07. The lowest BCUT2D eigenvalue weighted by Crippen LogP contribution is -2.34. The summed E-state index contributed by atoms with van der Waals surface area (Å²) in [5.41, 5.74) is 6.24. The first-order valence-electron chi connectivity index (χ1n) is 7.42. The van der Waals surface area contributed by atoms with Gasteiger partial charge in [0.1, 0.15) is 6.54 Å². The average Bonchev–Trinajstić information content (AvgIpc) is 2.59. The summed E-state index contributed by atoms with van der Waals surface area (Å²) < 4.78 is 31.1. The quantitative estimate of drug-likeness (QED) is 0.676. The molecule has 25 heavy (non-hydrogen) atoms. The van der Waals surface area contributed by atoms with Crippen molar-refractivity contribution >= 4 is 21.9 Å². The van der Waals surface area contributed by atoms with Crippen LogP contribution in [0.4, 0.5) is 0 Å². The van der Waals surface area contributed by atoms with Crippen molar-refractivity contribution in [3.63, 3.8) is 0 Å². The number of amides is 1. The van der Waals surface area contributed by atoms with Crippen LogP contribution in [-0.2, 0) is 30.1 Å². The first kappa shape index (κ1) is 18.6. The van der Waals surface area contributed by atoms with E-state index in [1.165, 1.54) is 0 Å². The Bertz CT molecular complexity index is 823. The number of primary amides is 1. The van der Waals surface area contributed by atoms with Gasteiger partial charge >= 0.3 is 5.97 Å². The molecule has 0 fully saturated rings. The Hall–Kier alpha value is -2.71. The van der Waals surface area contributed by atoms with Gasteiger partial charge in [-0.15, -0.1) is 0 Å². The first-order chi connectivity index (χ1) is 11.9. The van der Waals surface area contributed by atoms with Gasteiger partial charge < -0.3 is 10.5 Å². The van der Waals surface area contributed by atoms with Crippen molar-refractivity contribution < 1.29 is 22.7 Å². The Kier molecular flexibility index (Phi) is 6.26. The monoisotopic (exact) mass is 362 g/mol. The highest BCUT2D eigenvalue weighted by Gasteiger charge is 2.23. The summed E-state index contributed by atoms with van der Waals surface area (Å²) in [4.78, 5) is 23.4. The molecule has 2 aromatic carbocycles. The molecule has 0 aliphatic heterocycles. The van der Waals surface area contributed by atoms with Crippen LogP contribution in [0.25, 0.3) is 0 Å². The topological polar surface area (TPSA) is 116 Å². The SMILES string of the molecule is NC(=O)[C@@H](OC(=O)CNS(=O)(=O)Cc1ccccc1)c1ccccc1. The minimum atomic E-state index is -3.72. The minimum Gasteiger partial charge on any atom is -0.446 e. The van der Waals surface area contributed by atoms with Gasteiger partial charge in [0, 0.05) is 5.56 Å². The number of nitrogens with two attached hydrogens (primary N) is 1. The van der Waals surface area contributed by atoms with E-state index in [-0.39, 0.29) is 5.75 Å². The fourth-order valence-electron chi connectivity index (χ4n) is 2.10. The van der Waals surface area contributed by atoms with Gasteiger partial charge in [-0.25, -0.2) is 13.1 Å². The van der Waals surface area contributed by atoms with E-state index in [4.69, 9.17) is 10.5 Å². The molecule has 3 N–H and O–H groups in total. The fourth-order valence-corrected chi connectivity index (χ4v) is 3.18. The molecule has 1 amide bonds. The molecular weight excluding hydrogens is 344 g/mol. The Balaban J connectivity index is 1.94. The van der Waals surface area contributed by atoms with Gasteiger partial charge in [-0.3, -0.25) is 9.59 Å². The summed E-state index contributed by atoms with van der Waals surface area (Å²) >= 11 is 0. The van der Waals surface area contributed by atoms with Gasteiger partial charge in [0.15, 0.2) is 0 Å². The predicted octanol–water partition coefficient (Wildman–Crippen LogP) is 0.876. The van der Waals surface area contributed by atoms with Crippen molar-refractivity contribution in [2.45, 2.75) is 11.9 Å². The van der Waals surface area contributed by atoms with Crippen LogP contribution in [0.2, 0.25) is 0 Å². The summed E-state index contributed by atoms with van der Waals surface area (Å²) in [6.07, 6.45) is -1.27. The van der Waals surface area contributed by atoms with E-state index in [0.29, 0.717) is 11.1 Å². The number of carbonyl (C=O) groups is 2. The van der Waals surface area contributed by atoms with Gasteiger partial charge in [0.25, 0.3) is 5.91 Å². The molecule has 0 heterocycles. The molecule has 0 bridgehead atoms. The van der Waals surface area contributed by atoms with E-state index in [1.54, 1.807) is 60.7 Å². The van der Waals surface area contributed by atoms with E-state index in [0.717, 1.165) is 0 Å². The number of sulfonamides is 1. The Labute approximate surface area is 145 Å². The normalized spacial score (nSPS) is 12.3. The maximum absolute atomic E-state index is 12.0. The maximum atomic E-state index is 12.0. The zero-order valence-electron chi connectivity index (χ0n) is 13.3. The second-order valence-corrected chi connectivity index (χ2v) is 7.06. The third-order valence-corrected chi connectivity index (χ3v) is 4.54. The van der Waals surface area contributed by atoms with E-state index in [1.807, 2.05) is 0 Å². The van der Waals surface area contributed by atoms with Gasteiger partial charge in [-0.2, -0.15) is 0 Å². The summed E-state index contributed by atoms with van der Waals surface area (Å²) in [5, 5.41) is 0. The molecule has 8 heteroatoms. The van der Waals surface area contributed by atoms with E-state index in [2.05, 4.69) is 4.72 Å². The largest absolute Gasteiger partial charge is 0.446 e. The van der Waals surface area contributed by atoms with Crippen molar-refractivity contribution in [3.8, 4) is 0 Å². The second kappa shape index (κ2) is 8.41. The highest BCUT2D eigenvalue weighted by atomic mass is 32.2. The molecule has 0 unspecified atom stereocenters. The number of esters is 1. The van der Waals surface area contributed by atoms with E-state index < -0.39 is 34.5 Å². The van der Waals surface area contributed by atoms with Crippen molar-refractivity contribution in [2.75, 3.05) is 6.54 Å². The zero-order chi connectivity index (χ0) is 18.3. The highest BCUT2D eigenvalue weighted by Crippen LogP contribution is 2.16. The smallest absolute Gasteiger partial charge is 0.322 e. The van der Waals surface area contributed by atoms with Crippen LogP contribution < -0.4 is 10.5 Å². The maximum Gasteiger partial charge on any atom is 0.322 e. The van der Waals surface area contributed by atoms with Crippen LogP contribution in [0.15, 0.2) is 60.7 Å². The van der Waals surface area contributed by atoms with Gasteiger partial charge in [0.05, 0.1) is 5.75 Å². The Morgan fingerprint density at radius 2 is 1.56 bits per heavy atom. The van der Waals surface area contributed by atoms with Crippen molar-refractivity contribution in [1.82, 2.24) is 4.72 Å². The zero-order valence-corrected chi connectivity index (χ0v) is 14.1. The van der Waals surface area contributed by atoms with Crippen molar-refractivity contribution in [3.05, 3.63) is 71.8 Å². The summed E-state index contributed by atoms with van der Waals surface area (Å²) in [7, 11) is -3.72. The molecule has 0 aliphatic carbocycles. The van der Waals surface area contributed by atoms with Gasteiger partial charge in [-0.05, 0) is 5.56 Å². The number of hydrogen-bond donors (Lipinski definition) is 2. The number of rotatable bonds is 8. The van der Waals surface area contributed by atoms with Crippen LogP contribution in [-0.4, -0.2) is 26.8 Å². The van der Waals surface area contributed by atoms with Crippen molar-refractivity contribution in [2.24, 2.45) is 5.73 Å². The molecule has 132 valence electrons. The third kappa shape index (κ3) is 6.02. The molecule has 0 spiro atoms. The van der Waals surface area contributed by atoms with Crippen LogP contribution >= 0.6 is 0 Å². The number of hydrogen-bond acceptors (Lipinski definition) is 5. The Morgan fingerprint density at radius 3 is 2.12 bits per heavy atom. The third-order valence-electron chi connectivity index (χ3n) is 3.25. The summed E-state index contributed by atoms with van der Waals surface area (Å²) in [6.45, 7) is -0.591. The lowest BCUT2D eigenvalue weighted by molar-refractivity contribution is -0.154. The van der Waals surface area contributed by atoms with Crippen LogP contribution in [0.5, 0.6) is 0 Å². The molecular formula is C17H18N2O5S. The summed E-state index contributed by atoms with van der Waals surface area (Å²) in [6, 6.07) is 16.8. The molecule has 0 radical (unpaired) electrons. The lowest BCUT2D eigenvalue weighted by Gasteiger charge is -2.15. The second-order valence-electron chi connectivity index (χ2n) is 5.25. The molecule has 0 aliphatic rings. The van der Waals surface area contributed by atoms with Crippen LogP contribution in [0, 0.1) is 0 Å². The molecule has 1 atom stereocenters. The van der Waals surface area contributed by atoms with Gasteiger partial charge in [-0.1, -0.05) is 60.7 Å². The minimum absolute atomic E-state index is 0.265. The molecule has 2 rings (SSSR count). The average molecular weight is 362 g/mol.